The predicted octanol–water partition coefficient (Wildman–Crippen LogP) is 4.37. The Morgan fingerprint density at radius 2 is 1.82 bits per heavy atom. The van der Waals surface area contributed by atoms with Crippen LogP contribution in [-0.4, -0.2) is 6.54 Å². The summed E-state index contributed by atoms with van der Waals surface area (Å²) in [6.07, 6.45) is 12.3. The van der Waals surface area contributed by atoms with Crippen molar-refractivity contribution < 1.29 is 0 Å². The monoisotopic (exact) mass is 251 g/mol. The van der Waals surface area contributed by atoms with Gasteiger partial charge in [0.15, 0.2) is 0 Å². The third-order valence-corrected chi connectivity index (χ3v) is 5.27. The van der Waals surface area contributed by atoms with Crippen LogP contribution in [0.4, 0.5) is 0 Å². The molecule has 1 aromatic rings. The molecule has 0 radical (unpaired) electrons. The van der Waals surface area contributed by atoms with E-state index in [0.29, 0.717) is 5.41 Å². The molecule has 0 spiro atoms. The summed E-state index contributed by atoms with van der Waals surface area (Å²) in [6.45, 7) is 0.887. The van der Waals surface area contributed by atoms with Crippen molar-refractivity contribution in [2.75, 3.05) is 6.54 Å². The number of aryl methyl sites for hydroxylation is 1. The maximum atomic E-state index is 6.10. The van der Waals surface area contributed by atoms with E-state index in [2.05, 4.69) is 17.5 Å². The molecule has 1 saturated carbocycles. The lowest BCUT2D eigenvalue weighted by Crippen LogP contribution is -2.32. The van der Waals surface area contributed by atoms with Crippen LogP contribution in [0.3, 0.4) is 0 Å². The molecule has 2 rings (SSSR count). The van der Waals surface area contributed by atoms with Gasteiger partial charge >= 0.3 is 0 Å². The van der Waals surface area contributed by atoms with Crippen molar-refractivity contribution in [3.05, 3.63) is 22.4 Å². The Morgan fingerprint density at radius 1 is 1.12 bits per heavy atom. The molecule has 0 bridgehead atoms. The van der Waals surface area contributed by atoms with Crippen LogP contribution in [0.5, 0.6) is 0 Å². The Kier molecular flexibility index (Phi) is 5.05. The minimum atomic E-state index is 0.449. The van der Waals surface area contributed by atoms with Crippen molar-refractivity contribution in [3.63, 3.8) is 0 Å². The van der Waals surface area contributed by atoms with Crippen LogP contribution >= 0.6 is 11.3 Å². The van der Waals surface area contributed by atoms with Gasteiger partial charge in [-0.3, -0.25) is 0 Å². The molecular formula is C15H25NS. The van der Waals surface area contributed by atoms with E-state index in [1.807, 2.05) is 11.3 Å². The summed E-state index contributed by atoms with van der Waals surface area (Å²) >= 11 is 1.89. The zero-order valence-corrected chi connectivity index (χ0v) is 11.6. The van der Waals surface area contributed by atoms with E-state index in [1.165, 1.54) is 62.7 Å². The lowest BCUT2D eigenvalue weighted by atomic mass is 9.73. The molecule has 0 atom stereocenters. The lowest BCUT2D eigenvalue weighted by molar-refractivity contribution is 0.202. The maximum absolute atomic E-state index is 6.10. The van der Waals surface area contributed by atoms with E-state index >= 15 is 0 Å². The van der Waals surface area contributed by atoms with Crippen LogP contribution in [0, 0.1) is 5.41 Å². The minimum absolute atomic E-state index is 0.449. The molecular weight excluding hydrogens is 226 g/mol. The van der Waals surface area contributed by atoms with Crippen LogP contribution in [0.25, 0.3) is 0 Å². The molecule has 0 unspecified atom stereocenters. The van der Waals surface area contributed by atoms with Gasteiger partial charge in [-0.2, -0.15) is 0 Å². The average molecular weight is 251 g/mol. The molecule has 0 aromatic carbocycles. The fourth-order valence-electron chi connectivity index (χ4n) is 3.05. The molecule has 1 aliphatic rings. The zero-order chi connectivity index (χ0) is 12.0. The Morgan fingerprint density at radius 3 is 2.41 bits per heavy atom. The largest absolute Gasteiger partial charge is 0.330 e. The number of hydrogen-bond acceptors (Lipinski definition) is 2. The van der Waals surface area contributed by atoms with Crippen LogP contribution in [0.1, 0.15) is 56.2 Å². The summed E-state index contributed by atoms with van der Waals surface area (Å²) in [4.78, 5) is 1.53. The molecule has 0 aliphatic heterocycles. The summed E-state index contributed by atoms with van der Waals surface area (Å²) in [6, 6.07) is 4.42. The van der Waals surface area contributed by atoms with Crippen LogP contribution in [-0.2, 0) is 6.42 Å². The van der Waals surface area contributed by atoms with E-state index in [-0.39, 0.29) is 0 Å². The van der Waals surface area contributed by atoms with Gasteiger partial charge in [-0.25, -0.2) is 0 Å². The quantitative estimate of drug-likeness (QED) is 0.845. The summed E-state index contributed by atoms with van der Waals surface area (Å²) in [5.41, 5.74) is 6.55. The van der Waals surface area contributed by atoms with Crippen molar-refractivity contribution in [2.24, 2.45) is 11.1 Å². The molecule has 0 amide bonds. The first kappa shape index (κ1) is 13.1. The van der Waals surface area contributed by atoms with E-state index in [9.17, 15) is 0 Å². The maximum Gasteiger partial charge on any atom is 0.00454 e. The second-order valence-corrected chi connectivity index (χ2v) is 6.58. The van der Waals surface area contributed by atoms with Gasteiger partial charge in [-0.05, 0) is 49.1 Å². The zero-order valence-electron chi connectivity index (χ0n) is 10.8. The first-order valence-electron chi connectivity index (χ1n) is 7.07. The van der Waals surface area contributed by atoms with Crippen molar-refractivity contribution in [2.45, 2.75) is 57.8 Å². The van der Waals surface area contributed by atoms with Crippen LogP contribution in [0.15, 0.2) is 17.5 Å². The highest BCUT2D eigenvalue weighted by molar-refractivity contribution is 7.09. The van der Waals surface area contributed by atoms with Gasteiger partial charge in [0.05, 0.1) is 0 Å². The van der Waals surface area contributed by atoms with Crippen LogP contribution in [0.2, 0.25) is 0 Å². The summed E-state index contributed by atoms with van der Waals surface area (Å²) < 4.78 is 0. The van der Waals surface area contributed by atoms with Crippen molar-refractivity contribution in [1.29, 1.82) is 0 Å². The molecule has 1 aliphatic carbocycles. The standard InChI is InChI=1S/C15H25NS/c16-13-15(9-4-2-1-3-5-10-15)11-8-14-7-6-12-17-14/h6-7,12H,1-5,8-11,13,16H2. The van der Waals surface area contributed by atoms with Crippen molar-refractivity contribution >= 4 is 11.3 Å². The summed E-state index contributed by atoms with van der Waals surface area (Å²) in [7, 11) is 0. The second kappa shape index (κ2) is 6.55. The highest BCUT2D eigenvalue weighted by Gasteiger charge is 2.28. The fourth-order valence-corrected chi connectivity index (χ4v) is 3.76. The highest BCUT2D eigenvalue weighted by atomic mass is 32.1. The van der Waals surface area contributed by atoms with Gasteiger partial charge < -0.3 is 5.73 Å². The molecule has 2 heteroatoms. The number of hydrogen-bond donors (Lipinski definition) is 1. The Bertz CT molecular complexity index is 297. The third-order valence-electron chi connectivity index (χ3n) is 4.33. The number of rotatable bonds is 4. The molecule has 96 valence electrons. The second-order valence-electron chi connectivity index (χ2n) is 5.55. The smallest absolute Gasteiger partial charge is 0.00454 e. The predicted molar refractivity (Wildman–Crippen MR) is 76.4 cm³/mol. The van der Waals surface area contributed by atoms with Crippen molar-refractivity contribution in [3.8, 4) is 0 Å². The Labute approximate surface area is 109 Å². The van der Waals surface area contributed by atoms with Gasteiger partial charge in [-0.1, -0.05) is 38.2 Å². The Balaban J connectivity index is 1.91. The average Bonchev–Trinajstić information content (AvgIpc) is 2.82. The molecule has 17 heavy (non-hydrogen) atoms. The molecule has 1 fully saturated rings. The van der Waals surface area contributed by atoms with Gasteiger partial charge in [0.1, 0.15) is 0 Å². The third kappa shape index (κ3) is 3.82. The molecule has 1 aromatic heterocycles. The number of thiophene rings is 1. The molecule has 0 saturated heterocycles. The van der Waals surface area contributed by atoms with Crippen LogP contribution < -0.4 is 5.73 Å². The summed E-state index contributed by atoms with van der Waals surface area (Å²) in [5.74, 6) is 0. The summed E-state index contributed by atoms with van der Waals surface area (Å²) in [5, 5.41) is 2.18. The number of nitrogens with two attached hydrogens (primary N) is 1. The fraction of sp³-hybridized carbons (Fsp3) is 0.733. The molecule has 1 heterocycles. The van der Waals surface area contributed by atoms with E-state index in [4.69, 9.17) is 5.73 Å². The van der Waals surface area contributed by atoms with E-state index in [1.54, 1.807) is 0 Å². The first-order valence-corrected chi connectivity index (χ1v) is 7.95. The molecule has 2 N–H and O–H groups in total. The molecule has 1 nitrogen and oxygen atoms in total. The van der Waals surface area contributed by atoms with Crippen molar-refractivity contribution in [1.82, 2.24) is 0 Å². The van der Waals surface area contributed by atoms with Gasteiger partial charge in [0.2, 0.25) is 0 Å². The van der Waals surface area contributed by atoms with Gasteiger partial charge in [-0.15, -0.1) is 11.3 Å². The highest BCUT2D eigenvalue weighted by Crippen LogP contribution is 2.37. The Hall–Kier alpha value is -0.340. The van der Waals surface area contributed by atoms with E-state index in [0.717, 1.165) is 6.54 Å². The normalized spacial score (nSPS) is 20.8. The topological polar surface area (TPSA) is 26.0 Å². The lowest BCUT2D eigenvalue weighted by Gasteiger charge is -2.34. The van der Waals surface area contributed by atoms with E-state index < -0.39 is 0 Å². The van der Waals surface area contributed by atoms with Gasteiger partial charge in [0.25, 0.3) is 0 Å². The van der Waals surface area contributed by atoms with Gasteiger partial charge in [0, 0.05) is 4.88 Å². The SMILES string of the molecule is NCC1(CCc2cccs2)CCCCCCC1. The first-order chi connectivity index (χ1) is 8.35. The minimum Gasteiger partial charge on any atom is -0.330 e.